The van der Waals surface area contributed by atoms with Crippen LogP contribution >= 0.6 is 11.6 Å². The predicted molar refractivity (Wildman–Crippen MR) is 124 cm³/mol. The second-order valence-corrected chi connectivity index (χ2v) is 8.56. The normalized spacial score (nSPS) is 17.9. The molecule has 5 rings (SSSR count). The number of methoxy groups -OCH3 is 1. The number of nitriles is 1. The Morgan fingerprint density at radius 3 is 2.70 bits per heavy atom. The van der Waals surface area contributed by atoms with Crippen molar-refractivity contribution in [1.82, 2.24) is 10.2 Å². The van der Waals surface area contributed by atoms with Crippen molar-refractivity contribution in [3.05, 3.63) is 70.1 Å². The van der Waals surface area contributed by atoms with E-state index in [1.54, 1.807) is 13.2 Å². The molecule has 0 unspecified atom stereocenters. The van der Waals surface area contributed by atoms with E-state index < -0.39 is 5.92 Å². The second-order valence-electron chi connectivity index (χ2n) is 8.16. The fraction of sp³-hybridized carbons (Fsp3) is 0.280. The van der Waals surface area contributed by atoms with E-state index in [9.17, 15) is 5.26 Å². The van der Waals surface area contributed by atoms with Crippen LogP contribution in [0.4, 0.5) is 0 Å². The average molecular weight is 463 g/mol. The van der Waals surface area contributed by atoms with Crippen molar-refractivity contribution in [3.8, 4) is 34.7 Å². The number of hydrogen-bond acceptors (Lipinski definition) is 6. The highest BCUT2D eigenvalue weighted by Crippen LogP contribution is 2.48. The van der Waals surface area contributed by atoms with Crippen LogP contribution in [-0.2, 0) is 0 Å². The van der Waals surface area contributed by atoms with Crippen molar-refractivity contribution in [2.75, 3.05) is 7.11 Å². The molecule has 3 N–H and O–H groups in total. The van der Waals surface area contributed by atoms with Crippen LogP contribution in [0.1, 0.15) is 42.7 Å². The summed E-state index contributed by atoms with van der Waals surface area (Å²) >= 11 is 6.47. The topological polar surface area (TPSA) is 106 Å². The monoisotopic (exact) mass is 462 g/mol. The lowest BCUT2D eigenvalue weighted by Gasteiger charge is -2.25. The van der Waals surface area contributed by atoms with E-state index >= 15 is 0 Å². The smallest absolute Gasteiger partial charge is 0.244 e. The van der Waals surface area contributed by atoms with Crippen LogP contribution in [0.5, 0.6) is 17.4 Å². The number of fused-ring (bicyclic) bond motifs is 1. The van der Waals surface area contributed by atoms with Crippen LogP contribution in [-0.4, -0.2) is 23.4 Å². The summed E-state index contributed by atoms with van der Waals surface area (Å²) in [6.45, 7) is 0. The first-order chi connectivity index (χ1) is 16.1. The Labute approximate surface area is 196 Å². The Hall–Kier alpha value is -3.63. The first-order valence-corrected chi connectivity index (χ1v) is 11.2. The largest absolute Gasteiger partial charge is 0.493 e. The maximum Gasteiger partial charge on any atom is 0.244 e. The first kappa shape index (κ1) is 21.2. The summed E-state index contributed by atoms with van der Waals surface area (Å²) in [4.78, 5) is 0. The number of nitrogens with zero attached hydrogens (tertiary/aromatic N) is 2. The van der Waals surface area contributed by atoms with Gasteiger partial charge in [0.2, 0.25) is 11.8 Å². The van der Waals surface area contributed by atoms with Gasteiger partial charge in [-0.2, -0.15) is 5.26 Å². The summed E-state index contributed by atoms with van der Waals surface area (Å²) in [6, 6.07) is 15.4. The zero-order valence-corrected chi connectivity index (χ0v) is 18.9. The molecule has 2 aliphatic rings. The minimum atomic E-state index is -0.516. The molecule has 0 spiro atoms. The van der Waals surface area contributed by atoms with Crippen LogP contribution in [0.15, 0.2) is 53.9 Å². The van der Waals surface area contributed by atoms with Crippen LogP contribution in [0.25, 0.3) is 11.3 Å². The summed E-state index contributed by atoms with van der Waals surface area (Å²) in [5.74, 6) is 1.12. The summed E-state index contributed by atoms with van der Waals surface area (Å²) in [6.07, 6.45) is 4.64. The number of aromatic nitrogens is 2. The minimum Gasteiger partial charge on any atom is -0.493 e. The number of hydrogen-bond donors (Lipinski definition) is 2. The van der Waals surface area contributed by atoms with Crippen LogP contribution in [0.2, 0.25) is 5.02 Å². The molecule has 0 bridgehead atoms. The molecule has 1 fully saturated rings. The lowest BCUT2D eigenvalue weighted by Crippen LogP contribution is -2.21. The Morgan fingerprint density at radius 2 is 1.97 bits per heavy atom. The summed E-state index contributed by atoms with van der Waals surface area (Å²) in [7, 11) is 1.61. The van der Waals surface area contributed by atoms with Gasteiger partial charge < -0.3 is 19.9 Å². The molecule has 2 aromatic carbocycles. The van der Waals surface area contributed by atoms with Gasteiger partial charge in [0.25, 0.3) is 0 Å². The van der Waals surface area contributed by atoms with Gasteiger partial charge in [0, 0.05) is 10.6 Å². The van der Waals surface area contributed by atoms with Gasteiger partial charge in [-0.15, -0.1) is 5.10 Å². The van der Waals surface area contributed by atoms with Gasteiger partial charge in [0.05, 0.1) is 30.4 Å². The Balaban J connectivity index is 1.63. The molecule has 33 heavy (non-hydrogen) atoms. The third-order valence-corrected chi connectivity index (χ3v) is 6.53. The number of rotatable bonds is 5. The fourth-order valence-corrected chi connectivity index (χ4v) is 4.82. The number of nitrogens with two attached hydrogens (primary N) is 1. The molecule has 1 aromatic heterocycles. The molecular formula is C25H23ClN4O3. The number of H-pyrrole nitrogens is 1. The van der Waals surface area contributed by atoms with E-state index in [1.165, 1.54) is 12.8 Å². The molecule has 1 atom stereocenters. The lowest BCUT2D eigenvalue weighted by atomic mass is 9.83. The van der Waals surface area contributed by atoms with Gasteiger partial charge in [0.15, 0.2) is 11.5 Å². The van der Waals surface area contributed by atoms with Crippen molar-refractivity contribution in [2.45, 2.75) is 37.7 Å². The van der Waals surface area contributed by atoms with Gasteiger partial charge in [0.1, 0.15) is 11.6 Å². The van der Waals surface area contributed by atoms with Crippen molar-refractivity contribution in [3.63, 3.8) is 0 Å². The molecule has 2 heterocycles. The van der Waals surface area contributed by atoms with E-state index in [-0.39, 0.29) is 12.0 Å². The van der Waals surface area contributed by atoms with Crippen molar-refractivity contribution < 1.29 is 14.2 Å². The van der Waals surface area contributed by atoms with Gasteiger partial charge in [-0.25, -0.2) is 0 Å². The molecule has 0 radical (unpaired) electrons. The molecule has 8 heteroatoms. The fourth-order valence-electron chi connectivity index (χ4n) is 4.59. The molecule has 0 amide bonds. The van der Waals surface area contributed by atoms with Gasteiger partial charge >= 0.3 is 0 Å². The summed E-state index contributed by atoms with van der Waals surface area (Å²) < 4.78 is 17.5. The molecule has 3 aromatic rings. The number of benzene rings is 2. The number of allylic oxidation sites excluding steroid dienone is 1. The quantitative estimate of drug-likeness (QED) is 0.534. The van der Waals surface area contributed by atoms with E-state index in [0.29, 0.717) is 39.2 Å². The molecule has 7 nitrogen and oxygen atoms in total. The maximum atomic E-state index is 9.96. The standard InChI is InChI=1S/C25H23ClN4O3/c1-31-20-12-14(10-11-19(20)32-15-6-2-3-7-15)21-17(13-27)24(28)33-25-22(21)23(29-30-25)16-8-4-5-9-18(16)26/h4-5,8-12,15,21H,2-3,6-7,28H2,1H3,(H,29,30)/t21-/m0/s1. The van der Waals surface area contributed by atoms with Gasteiger partial charge in [-0.05, 0) is 49.4 Å². The van der Waals surface area contributed by atoms with E-state index in [1.807, 2.05) is 36.4 Å². The second kappa shape index (κ2) is 8.72. The molecule has 1 saturated carbocycles. The van der Waals surface area contributed by atoms with Gasteiger partial charge in [-0.3, -0.25) is 5.10 Å². The highest BCUT2D eigenvalue weighted by atomic mass is 35.5. The number of nitrogens with one attached hydrogen (secondary N) is 1. The Bertz CT molecular complexity index is 1270. The third kappa shape index (κ3) is 3.77. The third-order valence-electron chi connectivity index (χ3n) is 6.20. The predicted octanol–water partition coefficient (Wildman–Crippen LogP) is 5.28. The zero-order chi connectivity index (χ0) is 22.9. The highest BCUT2D eigenvalue weighted by molar-refractivity contribution is 6.33. The Morgan fingerprint density at radius 1 is 1.18 bits per heavy atom. The van der Waals surface area contributed by atoms with Crippen molar-refractivity contribution >= 4 is 11.6 Å². The van der Waals surface area contributed by atoms with Crippen LogP contribution < -0.4 is 19.9 Å². The number of halogens is 1. The molecular weight excluding hydrogens is 440 g/mol. The van der Waals surface area contributed by atoms with E-state index in [4.69, 9.17) is 31.5 Å². The first-order valence-electron chi connectivity index (χ1n) is 10.9. The van der Waals surface area contributed by atoms with Crippen molar-refractivity contribution in [1.29, 1.82) is 5.26 Å². The minimum absolute atomic E-state index is 0.0254. The zero-order valence-electron chi connectivity index (χ0n) is 18.1. The molecule has 0 saturated heterocycles. The highest BCUT2D eigenvalue weighted by Gasteiger charge is 2.36. The Kier molecular flexibility index (Phi) is 5.61. The molecule has 1 aliphatic heterocycles. The molecule has 168 valence electrons. The number of aromatic amines is 1. The maximum absolute atomic E-state index is 9.96. The van der Waals surface area contributed by atoms with E-state index in [2.05, 4.69) is 16.3 Å². The lowest BCUT2D eigenvalue weighted by molar-refractivity contribution is 0.200. The summed E-state index contributed by atoms with van der Waals surface area (Å²) in [5, 5.41) is 17.9. The van der Waals surface area contributed by atoms with Crippen LogP contribution in [0.3, 0.4) is 0 Å². The van der Waals surface area contributed by atoms with Crippen LogP contribution in [0, 0.1) is 11.3 Å². The summed E-state index contributed by atoms with van der Waals surface area (Å²) in [5.41, 5.74) is 9.35. The molecule has 1 aliphatic carbocycles. The average Bonchev–Trinajstić information content (AvgIpc) is 3.49. The number of ether oxygens (including phenoxy) is 3. The SMILES string of the molecule is COc1cc([C@H]2C(C#N)=C(N)Oc3n[nH]c(-c4ccccc4Cl)c32)ccc1OC1CCCC1. The van der Waals surface area contributed by atoms with Gasteiger partial charge in [-0.1, -0.05) is 35.9 Å². The van der Waals surface area contributed by atoms with E-state index in [0.717, 1.165) is 24.0 Å². The van der Waals surface area contributed by atoms with Crippen molar-refractivity contribution in [2.24, 2.45) is 5.73 Å².